The second-order valence-electron chi connectivity index (χ2n) is 6.89. The molecule has 3 heterocycles. The van der Waals surface area contributed by atoms with Crippen LogP contribution in [0.2, 0.25) is 0 Å². The quantitative estimate of drug-likeness (QED) is 0.280. The van der Waals surface area contributed by atoms with Gasteiger partial charge in [0.25, 0.3) is 0 Å². The highest BCUT2D eigenvalue weighted by Crippen LogP contribution is 2.15. The van der Waals surface area contributed by atoms with Crippen LogP contribution in [0.1, 0.15) is 33.2 Å². The van der Waals surface area contributed by atoms with Gasteiger partial charge in [-0.2, -0.15) is 5.10 Å². The SMILES string of the molecule is Cc1cc(C)n(-c2ccc(/C(N)=N/OCc3csc(Cc4ccccc4)n3)cn2)n1. The van der Waals surface area contributed by atoms with Gasteiger partial charge in [0.2, 0.25) is 0 Å². The molecule has 0 spiro atoms. The molecule has 0 amide bonds. The molecule has 1 aromatic carbocycles. The number of hydrogen-bond donors (Lipinski definition) is 1. The molecule has 0 atom stereocenters. The summed E-state index contributed by atoms with van der Waals surface area (Å²) in [5, 5.41) is 11.5. The Bertz CT molecular complexity index is 1150. The van der Waals surface area contributed by atoms with Gasteiger partial charge in [-0.25, -0.2) is 14.6 Å². The topological polar surface area (TPSA) is 91.2 Å². The summed E-state index contributed by atoms with van der Waals surface area (Å²) in [4.78, 5) is 14.4. The van der Waals surface area contributed by atoms with E-state index < -0.39 is 0 Å². The Morgan fingerprint density at radius 3 is 2.70 bits per heavy atom. The summed E-state index contributed by atoms with van der Waals surface area (Å²) in [6.45, 7) is 4.21. The van der Waals surface area contributed by atoms with Gasteiger partial charge in [-0.15, -0.1) is 11.3 Å². The molecule has 0 fully saturated rings. The van der Waals surface area contributed by atoms with Crippen LogP contribution in [0.25, 0.3) is 5.82 Å². The second kappa shape index (κ2) is 8.87. The van der Waals surface area contributed by atoms with Crippen LogP contribution in [-0.2, 0) is 17.9 Å². The fraction of sp³-hybridized carbons (Fsp3) is 0.182. The molecule has 152 valence electrons. The number of aromatic nitrogens is 4. The molecule has 8 heteroatoms. The highest BCUT2D eigenvalue weighted by atomic mass is 32.1. The molecule has 0 aliphatic heterocycles. The standard InChI is InChI=1S/C22H22N6OS/c1-15-10-16(2)28(26-15)20-9-8-18(12-24-20)22(23)27-29-13-19-14-30-21(25-19)11-17-6-4-3-5-7-17/h3-10,12,14H,11,13H2,1-2H3,(H2,23,27). The van der Waals surface area contributed by atoms with Crippen molar-refractivity contribution in [1.82, 2.24) is 19.7 Å². The smallest absolute Gasteiger partial charge is 0.171 e. The van der Waals surface area contributed by atoms with Crippen molar-refractivity contribution in [1.29, 1.82) is 0 Å². The number of rotatable bonds is 7. The first-order valence-electron chi connectivity index (χ1n) is 9.51. The fourth-order valence-electron chi connectivity index (χ4n) is 3.01. The molecule has 0 radical (unpaired) electrons. The lowest BCUT2D eigenvalue weighted by atomic mass is 10.2. The summed E-state index contributed by atoms with van der Waals surface area (Å²) in [5.41, 5.74) is 10.8. The Morgan fingerprint density at radius 1 is 1.17 bits per heavy atom. The Labute approximate surface area is 178 Å². The van der Waals surface area contributed by atoms with Crippen LogP contribution < -0.4 is 5.73 Å². The molecule has 4 aromatic rings. The molecule has 7 nitrogen and oxygen atoms in total. The zero-order chi connectivity index (χ0) is 20.9. The third-order valence-electron chi connectivity index (χ3n) is 4.44. The lowest BCUT2D eigenvalue weighted by Gasteiger charge is -2.05. The number of benzene rings is 1. The van der Waals surface area contributed by atoms with Gasteiger partial charge in [-0.1, -0.05) is 35.5 Å². The number of thiazole rings is 1. The molecule has 0 bridgehead atoms. The lowest BCUT2D eigenvalue weighted by molar-refractivity contribution is 0.128. The van der Waals surface area contributed by atoms with E-state index in [4.69, 9.17) is 10.6 Å². The average molecular weight is 419 g/mol. The third-order valence-corrected chi connectivity index (χ3v) is 5.34. The number of nitrogens with zero attached hydrogens (tertiary/aromatic N) is 5. The Hall–Kier alpha value is -3.52. The Kier molecular flexibility index (Phi) is 5.85. The summed E-state index contributed by atoms with van der Waals surface area (Å²) < 4.78 is 1.79. The van der Waals surface area contributed by atoms with Crippen LogP contribution in [0.3, 0.4) is 0 Å². The molecule has 3 aromatic heterocycles. The van der Waals surface area contributed by atoms with Crippen LogP contribution in [0.4, 0.5) is 0 Å². The molecular weight excluding hydrogens is 396 g/mol. The van der Waals surface area contributed by atoms with Crippen LogP contribution in [0, 0.1) is 13.8 Å². The summed E-state index contributed by atoms with van der Waals surface area (Å²) in [7, 11) is 0. The third kappa shape index (κ3) is 4.72. The van der Waals surface area contributed by atoms with Gasteiger partial charge in [-0.3, -0.25) is 0 Å². The van der Waals surface area contributed by atoms with Gasteiger partial charge in [0, 0.05) is 29.3 Å². The molecule has 0 aliphatic carbocycles. The first kappa shape index (κ1) is 19.8. The molecule has 30 heavy (non-hydrogen) atoms. The van der Waals surface area contributed by atoms with E-state index in [1.807, 2.05) is 55.6 Å². The van der Waals surface area contributed by atoms with E-state index in [-0.39, 0.29) is 12.4 Å². The maximum absolute atomic E-state index is 6.03. The van der Waals surface area contributed by atoms with Crippen molar-refractivity contribution < 1.29 is 4.84 Å². The van der Waals surface area contributed by atoms with E-state index in [1.165, 1.54) is 5.56 Å². The fourth-order valence-corrected chi connectivity index (χ4v) is 3.82. The summed E-state index contributed by atoms with van der Waals surface area (Å²) in [6, 6.07) is 16.0. The number of amidine groups is 1. The zero-order valence-corrected chi connectivity index (χ0v) is 17.6. The van der Waals surface area contributed by atoms with Crippen LogP contribution >= 0.6 is 11.3 Å². The van der Waals surface area contributed by atoms with Gasteiger partial charge >= 0.3 is 0 Å². The minimum Gasteiger partial charge on any atom is -0.388 e. The highest BCUT2D eigenvalue weighted by molar-refractivity contribution is 7.09. The van der Waals surface area contributed by atoms with Crippen molar-refractivity contribution in [3.63, 3.8) is 0 Å². The number of oxime groups is 1. The van der Waals surface area contributed by atoms with E-state index in [2.05, 4.69) is 32.4 Å². The van der Waals surface area contributed by atoms with Gasteiger partial charge in [0.1, 0.15) is 0 Å². The number of hydrogen-bond acceptors (Lipinski definition) is 6. The van der Waals surface area contributed by atoms with Crippen LogP contribution in [0.5, 0.6) is 0 Å². The minimum atomic E-state index is 0.266. The van der Waals surface area contributed by atoms with Crippen LogP contribution in [-0.4, -0.2) is 25.6 Å². The van der Waals surface area contributed by atoms with E-state index in [9.17, 15) is 0 Å². The molecule has 2 N–H and O–H groups in total. The van der Waals surface area contributed by atoms with Crippen molar-refractivity contribution in [2.75, 3.05) is 0 Å². The first-order valence-corrected chi connectivity index (χ1v) is 10.4. The number of aryl methyl sites for hydroxylation is 2. The monoisotopic (exact) mass is 418 g/mol. The molecule has 4 rings (SSSR count). The minimum absolute atomic E-state index is 0.266. The van der Waals surface area contributed by atoms with Crippen molar-refractivity contribution >= 4 is 17.2 Å². The normalized spacial score (nSPS) is 11.6. The predicted molar refractivity (Wildman–Crippen MR) is 118 cm³/mol. The van der Waals surface area contributed by atoms with E-state index in [0.717, 1.165) is 34.3 Å². The molecule has 0 aliphatic rings. The van der Waals surface area contributed by atoms with E-state index in [0.29, 0.717) is 5.56 Å². The molecule has 0 unspecified atom stereocenters. The van der Waals surface area contributed by atoms with Crippen molar-refractivity contribution in [2.45, 2.75) is 26.9 Å². The molecular formula is C22H22N6OS. The van der Waals surface area contributed by atoms with Gasteiger partial charge in [0.15, 0.2) is 18.3 Å². The van der Waals surface area contributed by atoms with Gasteiger partial charge in [0.05, 0.1) is 16.4 Å². The Morgan fingerprint density at radius 2 is 2.00 bits per heavy atom. The maximum atomic E-state index is 6.03. The summed E-state index contributed by atoms with van der Waals surface area (Å²) in [6.07, 6.45) is 2.47. The van der Waals surface area contributed by atoms with Crippen molar-refractivity contribution in [3.8, 4) is 5.82 Å². The van der Waals surface area contributed by atoms with Gasteiger partial charge < -0.3 is 10.6 Å². The van der Waals surface area contributed by atoms with E-state index >= 15 is 0 Å². The number of pyridine rings is 1. The van der Waals surface area contributed by atoms with Crippen molar-refractivity contribution in [2.24, 2.45) is 10.9 Å². The van der Waals surface area contributed by atoms with E-state index in [1.54, 1.807) is 22.2 Å². The zero-order valence-electron chi connectivity index (χ0n) is 16.8. The first-order chi connectivity index (χ1) is 14.6. The maximum Gasteiger partial charge on any atom is 0.171 e. The Balaban J connectivity index is 1.35. The average Bonchev–Trinajstić information content (AvgIpc) is 3.34. The second-order valence-corrected chi connectivity index (χ2v) is 7.83. The summed E-state index contributed by atoms with van der Waals surface area (Å²) >= 11 is 1.61. The van der Waals surface area contributed by atoms with Crippen molar-refractivity contribution in [3.05, 3.63) is 93.3 Å². The number of nitrogens with two attached hydrogens (primary N) is 1. The highest BCUT2D eigenvalue weighted by Gasteiger charge is 2.07. The summed E-state index contributed by atoms with van der Waals surface area (Å²) in [5.74, 6) is 0.994. The predicted octanol–water partition coefficient (Wildman–Crippen LogP) is 3.77. The molecule has 0 saturated heterocycles. The lowest BCUT2D eigenvalue weighted by Crippen LogP contribution is -2.15. The van der Waals surface area contributed by atoms with Gasteiger partial charge in [-0.05, 0) is 37.6 Å². The molecule has 0 saturated carbocycles. The van der Waals surface area contributed by atoms with Crippen LogP contribution in [0.15, 0.2) is 65.3 Å². The largest absolute Gasteiger partial charge is 0.388 e.